The van der Waals surface area contributed by atoms with E-state index in [0.29, 0.717) is 0 Å². The van der Waals surface area contributed by atoms with Gasteiger partial charge in [-0.1, -0.05) is 55.0 Å². The minimum atomic E-state index is 0.767. The number of para-hydroxylation sites is 1. The predicted octanol–water partition coefficient (Wildman–Crippen LogP) is 4.45. The summed E-state index contributed by atoms with van der Waals surface area (Å²) in [5, 5.41) is 0. The van der Waals surface area contributed by atoms with Crippen molar-refractivity contribution in [2.75, 3.05) is 6.61 Å². The summed E-state index contributed by atoms with van der Waals surface area (Å²) in [5.41, 5.74) is 3.66. The number of rotatable bonds is 4. The van der Waals surface area contributed by atoms with Gasteiger partial charge in [-0.3, -0.25) is 0 Å². The summed E-state index contributed by atoms with van der Waals surface area (Å²) >= 11 is 0. The highest BCUT2D eigenvalue weighted by molar-refractivity contribution is 5.70. The number of hydrogen-bond donors (Lipinski definition) is 0. The second-order valence-corrected chi connectivity index (χ2v) is 4.21. The quantitative estimate of drug-likeness (QED) is 0.748. The zero-order valence-corrected chi connectivity index (χ0v) is 10.4. The Morgan fingerprint density at radius 1 is 0.941 bits per heavy atom. The van der Waals surface area contributed by atoms with E-state index in [1.807, 2.05) is 18.2 Å². The molecule has 0 saturated heterocycles. The van der Waals surface area contributed by atoms with Crippen molar-refractivity contribution < 1.29 is 4.74 Å². The van der Waals surface area contributed by atoms with Crippen molar-refractivity contribution in [2.45, 2.75) is 20.3 Å². The Kier molecular flexibility index (Phi) is 3.81. The Bertz CT molecular complexity index is 471. The van der Waals surface area contributed by atoms with E-state index in [-0.39, 0.29) is 0 Å². The number of ether oxygens (including phenoxy) is 1. The number of hydrogen-bond acceptors (Lipinski definition) is 1. The van der Waals surface area contributed by atoms with Crippen LogP contribution in [0, 0.1) is 6.92 Å². The lowest BCUT2D eigenvalue weighted by atomic mass is 10.0. The van der Waals surface area contributed by atoms with Crippen molar-refractivity contribution in [2.24, 2.45) is 0 Å². The molecule has 0 N–H and O–H groups in total. The second-order valence-electron chi connectivity index (χ2n) is 4.21. The fraction of sp³-hybridized carbons (Fsp3) is 0.250. The van der Waals surface area contributed by atoms with E-state index in [2.05, 4.69) is 44.2 Å². The first kappa shape index (κ1) is 11.7. The Morgan fingerprint density at radius 2 is 1.65 bits per heavy atom. The van der Waals surface area contributed by atoms with E-state index in [4.69, 9.17) is 4.74 Å². The summed E-state index contributed by atoms with van der Waals surface area (Å²) in [6.07, 6.45) is 1.03. The van der Waals surface area contributed by atoms with Crippen LogP contribution in [0.2, 0.25) is 0 Å². The molecule has 0 aliphatic rings. The van der Waals surface area contributed by atoms with Gasteiger partial charge >= 0.3 is 0 Å². The third kappa shape index (κ3) is 2.88. The van der Waals surface area contributed by atoms with Crippen molar-refractivity contribution in [3.05, 3.63) is 54.1 Å². The van der Waals surface area contributed by atoms with Gasteiger partial charge in [0.15, 0.2) is 0 Å². The summed E-state index contributed by atoms with van der Waals surface area (Å²) in [6, 6.07) is 16.8. The van der Waals surface area contributed by atoms with E-state index in [1.165, 1.54) is 16.7 Å². The number of aryl methyl sites for hydroxylation is 1. The van der Waals surface area contributed by atoms with E-state index in [9.17, 15) is 0 Å². The standard InChI is InChI=1S/C16H18O/c1-3-12-17-16-7-5-4-6-15(16)14-10-8-13(2)9-11-14/h4-11H,3,12H2,1-2H3. The van der Waals surface area contributed by atoms with Gasteiger partial charge in [-0.15, -0.1) is 0 Å². The average Bonchev–Trinajstić information content (AvgIpc) is 2.38. The van der Waals surface area contributed by atoms with Gasteiger partial charge in [-0.2, -0.15) is 0 Å². The molecule has 0 bridgehead atoms. The maximum absolute atomic E-state index is 5.77. The molecule has 0 heterocycles. The van der Waals surface area contributed by atoms with E-state index < -0.39 is 0 Å². The topological polar surface area (TPSA) is 9.23 Å². The normalized spacial score (nSPS) is 10.2. The lowest BCUT2D eigenvalue weighted by molar-refractivity contribution is 0.318. The second kappa shape index (κ2) is 5.53. The highest BCUT2D eigenvalue weighted by Crippen LogP contribution is 2.29. The molecule has 0 atom stereocenters. The van der Waals surface area contributed by atoms with Gasteiger partial charge in [0.05, 0.1) is 6.61 Å². The van der Waals surface area contributed by atoms with Gasteiger partial charge in [0, 0.05) is 5.56 Å². The van der Waals surface area contributed by atoms with Crippen LogP contribution in [0.25, 0.3) is 11.1 Å². The van der Waals surface area contributed by atoms with Gasteiger partial charge in [0.1, 0.15) is 5.75 Å². The van der Waals surface area contributed by atoms with Crippen LogP contribution in [0.1, 0.15) is 18.9 Å². The van der Waals surface area contributed by atoms with Crippen molar-refractivity contribution in [3.8, 4) is 16.9 Å². The van der Waals surface area contributed by atoms with Crippen molar-refractivity contribution in [1.82, 2.24) is 0 Å². The Morgan fingerprint density at radius 3 is 2.35 bits per heavy atom. The van der Waals surface area contributed by atoms with Crippen LogP contribution < -0.4 is 4.74 Å². The summed E-state index contributed by atoms with van der Waals surface area (Å²) in [7, 11) is 0. The Labute approximate surface area is 103 Å². The SMILES string of the molecule is CCCOc1ccccc1-c1ccc(C)cc1. The summed E-state index contributed by atoms with van der Waals surface area (Å²) < 4.78 is 5.77. The Balaban J connectivity index is 2.33. The largest absolute Gasteiger partial charge is 0.493 e. The lowest BCUT2D eigenvalue weighted by Gasteiger charge is -2.11. The van der Waals surface area contributed by atoms with Crippen LogP contribution in [0.4, 0.5) is 0 Å². The summed E-state index contributed by atoms with van der Waals surface area (Å²) in [6.45, 7) is 4.99. The first-order chi connectivity index (χ1) is 8.31. The van der Waals surface area contributed by atoms with Gasteiger partial charge in [-0.25, -0.2) is 0 Å². The molecule has 0 aromatic heterocycles. The molecule has 17 heavy (non-hydrogen) atoms. The van der Waals surface area contributed by atoms with Gasteiger partial charge < -0.3 is 4.74 Å². The number of benzene rings is 2. The highest BCUT2D eigenvalue weighted by atomic mass is 16.5. The monoisotopic (exact) mass is 226 g/mol. The first-order valence-electron chi connectivity index (χ1n) is 6.10. The molecule has 88 valence electrons. The highest BCUT2D eigenvalue weighted by Gasteiger charge is 2.04. The fourth-order valence-electron chi connectivity index (χ4n) is 1.78. The molecule has 0 radical (unpaired) electrons. The van der Waals surface area contributed by atoms with Crippen LogP contribution in [-0.2, 0) is 0 Å². The first-order valence-corrected chi connectivity index (χ1v) is 6.10. The molecule has 1 nitrogen and oxygen atoms in total. The van der Waals surface area contributed by atoms with Crippen molar-refractivity contribution in [1.29, 1.82) is 0 Å². The molecule has 1 heteroatoms. The fourth-order valence-corrected chi connectivity index (χ4v) is 1.78. The van der Waals surface area contributed by atoms with Gasteiger partial charge in [0.2, 0.25) is 0 Å². The van der Waals surface area contributed by atoms with Crippen LogP contribution in [0.15, 0.2) is 48.5 Å². The van der Waals surface area contributed by atoms with E-state index in [1.54, 1.807) is 0 Å². The molecule has 0 amide bonds. The van der Waals surface area contributed by atoms with Gasteiger partial charge in [-0.05, 0) is 25.0 Å². The maximum Gasteiger partial charge on any atom is 0.127 e. The minimum Gasteiger partial charge on any atom is -0.493 e. The molecule has 2 aromatic rings. The van der Waals surface area contributed by atoms with E-state index >= 15 is 0 Å². The van der Waals surface area contributed by atoms with Crippen molar-refractivity contribution in [3.63, 3.8) is 0 Å². The summed E-state index contributed by atoms with van der Waals surface area (Å²) in [5.74, 6) is 0.971. The van der Waals surface area contributed by atoms with Gasteiger partial charge in [0.25, 0.3) is 0 Å². The van der Waals surface area contributed by atoms with Crippen molar-refractivity contribution >= 4 is 0 Å². The predicted molar refractivity (Wildman–Crippen MR) is 72.4 cm³/mol. The van der Waals surface area contributed by atoms with Crippen LogP contribution in [0.3, 0.4) is 0 Å². The van der Waals surface area contributed by atoms with Crippen LogP contribution in [-0.4, -0.2) is 6.61 Å². The minimum absolute atomic E-state index is 0.767. The zero-order valence-electron chi connectivity index (χ0n) is 10.4. The maximum atomic E-state index is 5.77. The lowest BCUT2D eigenvalue weighted by Crippen LogP contribution is -1.96. The van der Waals surface area contributed by atoms with Crippen LogP contribution >= 0.6 is 0 Å². The van der Waals surface area contributed by atoms with Crippen LogP contribution in [0.5, 0.6) is 5.75 Å². The summed E-state index contributed by atoms with van der Waals surface area (Å²) in [4.78, 5) is 0. The molecule has 0 fully saturated rings. The Hall–Kier alpha value is -1.76. The molecule has 0 aliphatic carbocycles. The molecule has 2 aromatic carbocycles. The molecule has 0 aliphatic heterocycles. The molecular weight excluding hydrogens is 208 g/mol. The molecule has 2 rings (SSSR count). The molecule has 0 saturated carbocycles. The molecule has 0 spiro atoms. The zero-order chi connectivity index (χ0) is 12.1. The molecular formula is C16H18O. The third-order valence-electron chi connectivity index (χ3n) is 2.71. The van der Waals surface area contributed by atoms with E-state index in [0.717, 1.165) is 18.8 Å². The average molecular weight is 226 g/mol. The third-order valence-corrected chi connectivity index (χ3v) is 2.71. The molecule has 0 unspecified atom stereocenters. The smallest absolute Gasteiger partial charge is 0.127 e.